The Morgan fingerprint density at radius 2 is 1.92 bits per heavy atom. The lowest BCUT2D eigenvalue weighted by atomic mass is 9.73. The zero-order valence-electron chi connectivity index (χ0n) is 15.1. The highest BCUT2D eigenvalue weighted by molar-refractivity contribution is 5.77. The molecule has 1 spiro atoms. The summed E-state index contributed by atoms with van der Waals surface area (Å²) in [5.74, 6) is 1.18. The SMILES string of the molecule is Cc1cc(N2CCC[C@@]3(CCC(=O)N(CC4CC4)C3)C2)cc(C)n1. The summed E-state index contributed by atoms with van der Waals surface area (Å²) >= 11 is 0. The van der Waals surface area contributed by atoms with Gasteiger partial charge in [-0.25, -0.2) is 0 Å². The number of piperidine rings is 2. The lowest BCUT2D eigenvalue weighted by Crippen LogP contribution is -2.54. The number of aryl methyl sites for hydroxylation is 2. The van der Waals surface area contributed by atoms with E-state index in [1.165, 1.54) is 31.4 Å². The predicted molar refractivity (Wildman–Crippen MR) is 96.1 cm³/mol. The van der Waals surface area contributed by atoms with Crippen LogP contribution in [-0.4, -0.2) is 42.0 Å². The zero-order valence-corrected chi connectivity index (χ0v) is 15.1. The Labute approximate surface area is 145 Å². The van der Waals surface area contributed by atoms with Crippen molar-refractivity contribution in [1.82, 2.24) is 9.88 Å². The van der Waals surface area contributed by atoms with E-state index in [2.05, 4.69) is 40.8 Å². The van der Waals surface area contributed by atoms with Crippen LogP contribution in [0.2, 0.25) is 0 Å². The van der Waals surface area contributed by atoms with Crippen molar-refractivity contribution < 1.29 is 4.79 Å². The van der Waals surface area contributed by atoms with Gasteiger partial charge in [-0.15, -0.1) is 0 Å². The molecule has 0 aromatic carbocycles. The van der Waals surface area contributed by atoms with E-state index in [1.807, 2.05) is 0 Å². The van der Waals surface area contributed by atoms with E-state index < -0.39 is 0 Å². The van der Waals surface area contributed by atoms with Crippen LogP contribution >= 0.6 is 0 Å². The van der Waals surface area contributed by atoms with Crippen LogP contribution in [-0.2, 0) is 4.79 Å². The van der Waals surface area contributed by atoms with Crippen LogP contribution in [0.1, 0.15) is 49.9 Å². The van der Waals surface area contributed by atoms with E-state index in [4.69, 9.17) is 0 Å². The summed E-state index contributed by atoms with van der Waals surface area (Å²) in [5.41, 5.74) is 3.80. The molecule has 3 fully saturated rings. The Morgan fingerprint density at radius 3 is 2.62 bits per heavy atom. The quantitative estimate of drug-likeness (QED) is 0.854. The first-order valence-corrected chi connectivity index (χ1v) is 9.51. The molecule has 1 aromatic rings. The maximum atomic E-state index is 12.3. The van der Waals surface area contributed by atoms with Gasteiger partial charge in [0.05, 0.1) is 0 Å². The van der Waals surface area contributed by atoms with Crippen molar-refractivity contribution in [3.63, 3.8) is 0 Å². The smallest absolute Gasteiger partial charge is 0.222 e. The summed E-state index contributed by atoms with van der Waals surface area (Å²) in [5, 5.41) is 0. The van der Waals surface area contributed by atoms with Crippen molar-refractivity contribution in [3.05, 3.63) is 23.5 Å². The van der Waals surface area contributed by atoms with Crippen molar-refractivity contribution in [3.8, 4) is 0 Å². The van der Waals surface area contributed by atoms with Crippen LogP contribution in [0.3, 0.4) is 0 Å². The molecule has 0 bridgehead atoms. The number of aromatic nitrogens is 1. The molecule has 1 saturated carbocycles. The van der Waals surface area contributed by atoms with Gasteiger partial charge in [0.2, 0.25) is 5.91 Å². The van der Waals surface area contributed by atoms with Gasteiger partial charge in [0.15, 0.2) is 0 Å². The van der Waals surface area contributed by atoms with Crippen molar-refractivity contribution in [2.45, 2.75) is 52.4 Å². The van der Waals surface area contributed by atoms with Gasteiger partial charge < -0.3 is 9.80 Å². The molecular formula is C20H29N3O. The highest BCUT2D eigenvalue weighted by Gasteiger charge is 2.42. The largest absolute Gasteiger partial charge is 0.371 e. The first-order chi connectivity index (χ1) is 11.5. The number of carbonyl (C=O) groups excluding carboxylic acids is 1. The van der Waals surface area contributed by atoms with Crippen LogP contribution in [0.15, 0.2) is 12.1 Å². The molecule has 2 saturated heterocycles. The first-order valence-electron chi connectivity index (χ1n) is 9.51. The third-order valence-corrected chi connectivity index (χ3v) is 6.02. The number of hydrogen-bond donors (Lipinski definition) is 0. The number of nitrogens with zero attached hydrogens (tertiary/aromatic N) is 3. The monoisotopic (exact) mass is 327 g/mol. The number of hydrogen-bond acceptors (Lipinski definition) is 3. The molecule has 3 aliphatic rings. The summed E-state index contributed by atoms with van der Waals surface area (Å²) in [6.45, 7) is 8.35. The number of rotatable bonds is 3. The second-order valence-electron chi connectivity index (χ2n) is 8.35. The topological polar surface area (TPSA) is 36.4 Å². The van der Waals surface area contributed by atoms with Crippen molar-refractivity contribution in [2.24, 2.45) is 11.3 Å². The van der Waals surface area contributed by atoms with Gasteiger partial charge >= 0.3 is 0 Å². The van der Waals surface area contributed by atoms with Gasteiger partial charge in [0, 0.05) is 55.1 Å². The molecular weight excluding hydrogens is 298 g/mol. The molecule has 1 amide bonds. The molecule has 1 aromatic heterocycles. The van der Waals surface area contributed by atoms with E-state index in [1.54, 1.807) is 0 Å². The maximum absolute atomic E-state index is 12.3. The lowest BCUT2D eigenvalue weighted by Gasteiger charge is -2.49. The van der Waals surface area contributed by atoms with Gasteiger partial charge in [-0.3, -0.25) is 9.78 Å². The Bertz CT molecular complexity index is 620. The molecule has 1 aliphatic carbocycles. The third-order valence-electron chi connectivity index (χ3n) is 6.02. The van der Waals surface area contributed by atoms with E-state index in [9.17, 15) is 4.79 Å². The number of pyridine rings is 1. The highest BCUT2D eigenvalue weighted by atomic mass is 16.2. The fraction of sp³-hybridized carbons (Fsp3) is 0.700. The van der Waals surface area contributed by atoms with Crippen molar-refractivity contribution in [1.29, 1.82) is 0 Å². The molecule has 0 N–H and O–H groups in total. The Hall–Kier alpha value is -1.58. The molecule has 0 unspecified atom stereocenters. The van der Waals surface area contributed by atoms with Crippen molar-refractivity contribution in [2.75, 3.05) is 31.1 Å². The average Bonchev–Trinajstić information content (AvgIpc) is 3.35. The summed E-state index contributed by atoms with van der Waals surface area (Å²) in [4.78, 5) is 21.6. The second kappa shape index (κ2) is 6.05. The molecule has 24 heavy (non-hydrogen) atoms. The van der Waals surface area contributed by atoms with Gasteiger partial charge in [0.1, 0.15) is 0 Å². The molecule has 4 nitrogen and oxygen atoms in total. The fourth-order valence-electron chi connectivity index (χ4n) is 4.64. The summed E-state index contributed by atoms with van der Waals surface area (Å²) in [7, 11) is 0. The molecule has 3 heterocycles. The Balaban J connectivity index is 1.51. The molecule has 4 heteroatoms. The minimum absolute atomic E-state index is 0.298. The lowest BCUT2D eigenvalue weighted by molar-refractivity contribution is -0.138. The van der Waals surface area contributed by atoms with Crippen LogP contribution < -0.4 is 4.90 Å². The number of anilines is 1. The van der Waals surface area contributed by atoms with E-state index in [0.29, 0.717) is 11.3 Å². The fourth-order valence-corrected chi connectivity index (χ4v) is 4.64. The predicted octanol–water partition coefficient (Wildman–Crippen LogP) is 3.32. The zero-order chi connectivity index (χ0) is 16.7. The van der Waals surface area contributed by atoms with E-state index in [-0.39, 0.29) is 0 Å². The minimum atomic E-state index is 0.298. The Morgan fingerprint density at radius 1 is 1.17 bits per heavy atom. The molecule has 4 rings (SSSR count). The van der Waals surface area contributed by atoms with Crippen LogP contribution in [0.4, 0.5) is 5.69 Å². The summed E-state index contributed by atoms with van der Waals surface area (Å²) in [6, 6.07) is 4.42. The average molecular weight is 327 g/mol. The molecule has 2 aliphatic heterocycles. The third kappa shape index (κ3) is 3.28. The number of amides is 1. The van der Waals surface area contributed by atoms with E-state index in [0.717, 1.165) is 56.3 Å². The number of carbonyl (C=O) groups is 1. The summed E-state index contributed by atoms with van der Waals surface area (Å²) in [6.07, 6.45) is 6.94. The summed E-state index contributed by atoms with van der Waals surface area (Å²) < 4.78 is 0. The normalized spacial score (nSPS) is 27.8. The van der Waals surface area contributed by atoms with Gasteiger partial charge in [-0.1, -0.05) is 0 Å². The van der Waals surface area contributed by atoms with E-state index >= 15 is 0 Å². The molecule has 1 atom stereocenters. The van der Waals surface area contributed by atoms with Crippen LogP contribution in [0.25, 0.3) is 0 Å². The van der Waals surface area contributed by atoms with Crippen LogP contribution in [0, 0.1) is 25.2 Å². The Kier molecular flexibility index (Phi) is 4.01. The minimum Gasteiger partial charge on any atom is -0.371 e. The van der Waals surface area contributed by atoms with Gasteiger partial charge in [-0.05, 0) is 64.0 Å². The second-order valence-corrected chi connectivity index (χ2v) is 8.35. The van der Waals surface area contributed by atoms with Crippen LogP contribution in [0.5, 0.6) is 0 Å². The maximum Gasteiger partial charge on any atom is 0.222 e. The molecule has 130 valence electrons. The van der Waals surface area contributed by atoms with Gasteiger partial charge in [0.25, 0.3) is 0 Å². The molecule has 0 radical (unpaired) electrons. The first kappa shape index (κ1) is 15.9. The number of likely N-dealkylation sites (tertiary alicyclic amines) is 1. The highest BCUT2D eigenvalue weighted by Crippen LogP contribution is 2.41. The standard InChI is InChI=1S/C20H29N3O/c1-15-10-18(11-16(2)21-15)22-9-3-7-20(13-22)8-6-19(24)23(14-20)12-17-4-5-17/h10-11,17H,3-9,12-14H2,1-2H3/t20-/m1/s1. The van der Waals surface area contributed by atoms with Gasteiger partial charge in [-0.2, -0.15) is 0 Å². The van der Waals surface area contributed by atoms with Crippen molar-refractivity contribution >= 4 is 11.6 Å².